The second-order valence-corrected chi connectivity index (χ2v) is 5.26. The van der Waals surface area contributed by atoms with Crippen LogP contribution < -0.4 is 11.3 Å². The zero-order chi connectivity index (χ0) is 12.6. The standard InChI is InChI=1S/C13H23N3O/c1-4-15-12(9(2)3)11(14)13(17)16(15)10-7-5-6-8-10/h9-10H,4-8,14H2,1-3H3. The SMILES string of the molecule is CCn1c(C(C)C)c(N)c(=O)n1C1CCCC1. The van der Waals surface area contributed by atoms with Crippen molar-refractivity contribution in [3.63, 3.8) is 0 Å². The molecule has 0 amide bonds. The van der Waals surface area contributed by atoms with Crippen LogP contribution in [-0.2, 0) is 6.54 Å². The molecule has 1 heterocycles. The van der Waals surface area contributed by atoms with E-state index in [0.717, 1.165) is 25.1 Å². The van der Waals surface area contributed by atoms with E-state index in [-0.39, 0.29) is 5.56 Å². The second-order valence-electron chi connectivity index (χ2n) is 5.26. The number of rotatable bonds is 3. The van der Waals surface area contributed by atoms with Crippen molar-refractivity contribution in [3.05, 3.63) is 16.0 Å². The fraction of sp³-hybridized carbons (Fsp3) is 0.769. The highest BCUT2D eigenvalue weighted by atomic mass is 16.1. The molecule has 4 nitrogen and oxygen atoms in total. The van der Waals surface area contributed by atoms with Gasteiger partial charge in [-0.1, -0.05) is 26.7 Å². The van der Waals surface area contributed by atoms with E-state index >= 15 is 0 Å². The third kappa shape index (κ3) is 1.90. The number of nitrogens with two attached hydrogens (primary N) is 1. The van der Waals surface area contributed by atoms with Gasteiger partial charge in [0.25, 0.3) is 5.56 Å². The monoisotopic (exact) mass is 237 g/mol. The Morgan fingerprint density at radius 2 is 1.94 bits per heavy atom. The molecule has 0 aliphatic heterocycles. The van der Waals surface area contributed by atoms with E-state index in [9.17, 15) is 4.79 Å². The van der Waals surface area contributed by atoms with E-state index in [0.29, 0.717) is 17.6 Å². The van der Waals surface area contributed by atoms with Crippen LogP contribution in [0.25, 0.3) is 0 Å². The van der Waals surface area contributed by atoms with Crippen molar-refractivity contribution in [2.45, 2.75) is 65.0 Å². The van der Waals surface area contributed by atoms with Crippen molar-refractivity contribution in [2.24, 2.45) is 0 Å². The highest BCUT2D eigenvalue weighted by molar-refractivity contribution is 5.43. The maximum absolute atomic E-state index is 12.3. The molecule has 4 heteroatoms. The zero-order valence-corrected chi connectivity index (χ0v) is 11.1. The fourth-order valence-electron chi connectivity index (χ4n) is 3.04. The molecule has 0 atom stereocenters. The van der Waals surface area contributed by atoms with Crippen LogP contribution in [0.1, 0.15) is 64.1 Å². The Labute approximate surface area is 102 Å². The van der Waals surface area contributed by atoms with E-state index in [1.165, 1.54) is 12.8 Å². The molecule has 2 rings (SSSR count). The Morgan fingerprint density at radius 3 is 2.41 bits per heavy atom. The van der Waals surface area contributed by atoms with Gasteiger partial charge in [0.2, 0.25) is 0 Å². The molecule has 1 aromatic rings. The Balaban J connectivity index is 2.57. The summed E-state index contributed by atoms with van der Waals surface area (Å²) < 4.78 is 4.01. The summed E-state index contributed by atoms with van der Waals surface area (Å²) in [4.78, 5) is 12.3. The number of nitrogen functional groups attached to an aromatic ring is 1. The van der Waals surface area contributed by atoms with Crippen LogP contribution in [0.4, 0.5) is 5.69 Å². The average Bonchev–Trinajstić information content (AvgIpc) is 2.86. The maximum atomic E-state index is 12.3. The molecule has 1 aromatic heterocycles. The Morgan fingerprint density at radius 1 is 1.35 bits per heavy atom. The molecule has 0 spiro atoms. The zero-order valence-electron chi connectivity index (χ0n) is 11.1. The van der Waals surface area contributed by atoms with Gasteiger partial charge in [0.05, 0.1) is 11.7 Å². The third-order valence-electron chi connectivity index (χ3n) is 3.77. The van der Waals surface area contributed by atoms with Crippen LogP contribution in [0, 0.1) is 0 Å². The normalized spacial score (nSPS) is 17.2. The molecule has 2 N–H and O–H groups in total. The Kier molecular flexibility index (Phi) is 3.31. The molecule has 1 fully saturated rings. The van der Waals surface area contributed by atoms with Crippen LogP contribution in [0.2, 0.25) is 0 Å². The van der Waals surface area contributed by atoms with Gasteiger partial charge in [0.15, 0.2) is 0 Å². The number of anilines is 1. The van der Waals surface area contributed by atoms with E-state index in [2.05, 4.69) is 25.5 Å². The van der Waals surface area contributed by atoms with Crippen molar-refractivity contribution in [1.82, 2.24) is 9.36 Å². The molecular weight excluding hydrogens is 214 g/mol. The molecule has 0 unspecified atom stereocenters. The van der Waals surface area contributed by atoms with E-state index < -0.39 is 0 Å². The summed E-state index contributed by atoms with van der Waals surface area (Å²) in [6, 6.07) is 0.359. The lowest BCUT2D eigenvalue weighted by molar-refractivity contribution is 0.362. The summed E-state index contributed by atoms with van der Waals surface area (Å²) >= 11 is 0. The topological polar surface area (TPSA) is 52.9 Å². The molecule has 0 aromatic carbocycles. The molecule has 1 aliphatic carbocycles. The summed E-state index contributed by atoms with van der Waals surface area (Å²) in [6.45, 7) is 7.08. The van der Waals surface area contributed by atoms with Crippen LogP contribution in [0.3, 0.4) is 0 Å². The first kappa shape index (κ1) is 12.3. The van der Waals surface area contributed by atoms with Gasteiger partial charge >= 0.3 is 0 Å². The summed E-state index contributed by atoms with van der Waals surface area (Å²) in [5.74, 6) is 0.297. The first-order valence-electron chi connectivity index (χ1n) is 6.68. The molecule has 1 saturated carbocycles. The van der Waals surface area contributed by atoms with Crippen molar-refractivity contribution in [1.29, 1.82) is 0 Å². The van der Waals surface area contributed by atoms with Gasteiger partial charge in [-0.2, -0.15) is 0 Å². The first-order chi connectivity index (χ1) is 8.07. The van der Waals surface area contributed by atoms with Gasteiger partial charge in [-0.3, -0.25) is 9.48 Å². The van der Waals surface area contributed by atoms with Crippen molar-refractivity contribution >= 4 is 5.69 Å². The third-order valence-corrected chi connectivity index (χ3v) is 3.77. The van der Waals surface area contributed by atoms with Crippen molar-refractivity contribution < 1.29 is 0 Å². The predicted molar refractivity (Wildman–Crippen MR) is 70.4 cm³/mol. The lowest BCUT2D eigenvalue weighted by Gasteiger charge is -2.19. The fourth-order valence-corrected chi connectivity index (χ4v) is 3.04. The van der Waals surface area contributed by atoms with Crippen LogP contribution in [-0.4, -0.2) is 9.36 Å². The summed E-state index contributed by atoms with van der Waals surface area (Å²) in [6.07, 6.45) is 4.67. The summed E-state index contributed by atoms with van der Waals surface area (Å²) in [5, 5.41) is 0. The number of aromatic nitrogens is 2. The minimum Gasteiger partial charge on any atom is -0.393 e. The largest absolute Gasteiger partial charge is 0.393 e. The molecule has 96 valence electrons. The first-order valence-corrected chi connectivity index (χ1v) is 6.68. The lowest BCUT2D eigenvalue weighted by Crippen LogP contribution is -2.27. The molecule has 0 bridgehead atoms. The van der Waals surface area contributed by atoms with Crippen LogP contribution in [0.5, 0.6) is 0 Å². The highest BCUT2D eigenvalue weighted by Crippen LogP contribution is 2.31. The van der Waals surface area contributed by atoms with Gasteiger partial charge in [-0.15, -0.1) is 0 Å². The van der Waals surface area contributed by atoms with Gasteiger partial charge in [-0.25, -0.2) is 4.68 Å². The molecule has 0 radical (unpaired) electrons. The quantitative estimate of drug-likeness (QED) is 0.878. The molecule has 0 saturated heterocycles. The van der Waals surface area contributed by atoms with Gasteiger partial charge in [-0.05, 0) is 25.7 Å². The van der Waals surface area contributed by atoms with E-state index in [1.807, 2.05) is 4.68 Å². The van der Waals surface area contributed by atoms with Crippen molar-refractivity contribution in [2.75, 3.05) is 5.73 Å². The van der Waals surface area contributed by atoms with Gasteiger partial charge in [0.1, 0.15) is 5.69 Å². The molecular formula is C13H23N3O. The lowest BCUT2D eigenvalue weighted by atomic mass is 10.1. The minimum atomic E-state index is 0.0162. The smallest absolute Gasteiger partial charge is 0.290 e. The molecule has 1 aliphatic rings. The average molecular weight is 237 g/mol. The summed E-state index contributed by atoms with van der Waals surface area (Å²) in [7, 11) is 0. The highest BCUT2D eigenvalue weighted by Gasteiger charge is 2.26. The second kappa shape index (κ2) is 4.59. The maximum Gasteiger partial charge on any atom is 0.290 e. The van der Waals surface area contributed by atoms with Crippen LogP contribution >= 0.6 is 0 Å². The Hall–Kier alpha value is -1.19. The predicted octanol–water partition coefficient (Wildman–Crippen LogP) is 2.49. The molecule has 17 heavy (non-hydrogen) atoms. The Bertz CT molecular complexity index is 450. The number of hydrogen-bond acceptors (Lipinski definition) is 2. The summed E-state index contributed by atoms with van der Waals surface area (Å²) in [5.41, 5.74) is 7.47. The number of hydrogen-bond donors (Lipinski definition) is 1. The van der Waals surface area contributed by atoms with Crippen LogP contribution in [0.15, 0.2) is 4.79 Å². The van der Waals surface area contributed by atoms with E-state index in [4.69, 9.17) is 5.73 Å². The minimum absolute atomic E-state index is 0.0162. The van der Waals surface area contributed by atoms with Crippen molar-refractivity contribution in [3.8, 4) is 0 Å². The number of nitrogens with zero attached hydrogens (tertiary/aromatic N) is 2. The van der Waals surface area contributed by atoms with E-state index in [1.54, 1.807) is 0 Å². The van der Waals surface area contributed by atoms with Gasteiger partial charge < -0.3 is 5.73 Å². The van der Waals surface area contributed by atoms with Gasteiger partial charge in [0, 0.05) is 6.54 Å².